The lowest BCUT2D eigenvalue weighted by atomic mass is 10.00. The van der Waals surface area contributed by atoms with Gasteiger partial charge in [0.05, 0.1) is 13.5 Å². The topological polar surface area (TPSA) is 26.3 Å². The Labute approximate surface area is 85.3 Å². The Morgan fingerprint density at radius 3 is 3.07 bits per heavy atom. The Morgan fingerprint density at radius 2 is 2.43 bits per heavy atom. The third kappa shape index (κ3) is 4.13. The van der Waals surface area contributed by atoms with Gasteiger partial charge in [0.1, 0.15) is 0 Å². The molecule has 0 aromatic rings. The fourth-order valence-electron chi connectivity index (χ4n) is 1.39. The van der Waals surface area contributed by atoms with E-state index in [9.17, 15) is 4.79 Å². The van der Waals surface area contributed by atoms with E-state index in [0.717, 1.165) is 12.8 Å². The summed E-state index contributed by atoms with van der Waals surface area (Å²) < 4.78 is 4.52. The van der Waals surface area contributed by atoms with Crippen LogP contribution in [-0.2, 0) is 9.53 Å². The molecule has 0 fully saturated rings. The van der Waals surface area contributed by atoms with Gasteiger partial charge in [-0.2, -0.15) is 0 Å². The molecule has 1 aliphatic rings. The molecule has 0 aromatic heterocycles. The van der Waals surface area contributed by atoms with Crippen LogP contribution >= 0.6 is 0 Å². The average molecular weight is 192 g/mol. The summed E-state index contributed by atoms with van der Waals surface area (Å²) in [7, 11) is 1.40. The van der Waals surface area contributed by atoms with E-state index >= 15 is 0 Å². The number of methoxy groups -OCH3 is 1. The van der Waals surface area contributed by atoms with Crippen LogP contribution in [-0.4, -0.2) is 13.1 Å². The van der Waals surface area contributed by atoms with Crippen molar-refractivity contribution in [1.82, 2.24) is 0 Å². The summed E-state index contributed by atoms with van der Waals surface area (Å²) >= 11 is 0. The number of carbonyl (C=O) groups is 1. The minimum absolute atomic E-state index is 0.183. The molecular weight excluding hydrogens is 176 g/mol. The summed E-state index contributed by atoms with van der Waals surface area (Å²) in [5, 5.41) is 0. The van der Waals surface area contributed by atoms with Gasteiger partial charge in [-0.05, 0) is 31.3 Å². The zero-order valence-electron chi connectivity index (χ0n) is 8.64. The molecule has 0 radical (unpaired) electrons. The van der Waals surface area contributed by atoms with Crippen molar-refractivity contribution in [2.75, 3.05) is 7.11 Å². The van der Waals surface area contributed by atoms with Gasteiger partial charge >= 0.3 is 5.97 Å². The standard InChI is InChI=1S/C12H16O2/c1-14-12(13)10-6-5-9-11-7-3-2-4-8-11/h7H,2-4,6,8,10H2,1H3. The lowest BCUT2D eigenvalue weighted by Gasteiger charge is -2.05. The van der Waals surface area contributed by atoms with Crippen LogP contribution in [0.25, 0.3) is 0 Å². The molecule has 0 aliphatic heterocycles. The average Bonchev–Trinajstić information content (AvgIpc) is 2.25. The molecule has 0 N–H and O–H groups in total. The summed E-state index contributed by atoms with van der Waals surface area (Å²) in [6.07, 6.45) is 7.99. The van der Waals surface area contributed by atoms with Crippen LogP contribution in [0.15, 0.2) is 11.6 Å². The van der Waals surface area contributed by atoms with Gasteiger partial charge in [-0.25, -0.2) is 0 Å². The van der Waals surface area contributed by atoms with Crippen molar-refractivity contribution in [3.05, 3.63) is 11.6 Å². The number of esters is 1. The Hall–Kier alpha value is -1.23. The molecule has 0 bridgehead atoms. The number of carbonyl (C=O) groups excluding carboxylic acids is 1. The monoisotopic (exact) mass is 192 g/mol. The van der Waals surface area contributed by atoms with Crippen LogP contribution in [0.3, 0.4) is 0 Å². The first kappa shape index (κ1) is 10.8. The van der Waals surface area contributed by atoms with E-state index in [-0.39, 0.29) is 5.97 Å². The highest BCUT2D eigenvalue weighted by atomic mass is 16.5. The fourth-order valence-corrected chi connectivity index (χ4v) is 1.39. The molecule has 0 saturated heterocycles. The lowest BCUT2D eigenvalue weighted by Crippen LogP contribution is -1.98. The normalized spacial score (nSPS) is 15.1. The van der Waals surface area contributed by atoms with E-state index in [2.05, 4.69) is 22.7 Å². The maximum absolute atomic E-state index is 10.8. The van der Waals surface area contributed by atoms with Crippen molar-refractivity contribution in [2.45, 2.75) is 38.5 Å². The molecule has 76 valence electrons. The molecule has 2 nitrogen and oxygen atoms in total. The maximum Gasteiger partial charge on any atom is 0.306 e. The van der Waals surface area contributed by atoms with Gasteiger partial charge in [0, 0.05) is 6.42 Å². The van der Waals surface area contributed by atoms with E-state index in [1.807, 2.05) is 0 Å². The van der Waals surface area contributed by atoms with E-state index in [1.165, 1.54) is 25.5 Å². The first-order chi connectivity index (χ1) is 6.83. The molecule has 0 amide bonds. The smallest absolute Gasteiger partial charge is 0.306 e. The van der Waals surface area contributed by atoms with Crippen LogP contribution in [0, 0.1) is 11.8 Å². The first-order valence-corrected chi connectivity index (χ1v) is 5.07. The predicted molar refractivity (Wildman–Crippen MR) is 55.6 cm³/mol. The summed E-state index contributed by atoms with van der Waals surface area (Å²) in [5.74, 6) is 5.92. The second-order valence-electron chi connectivity index (χ2n) is 3.35. The highest BCUT2D eigenvalue weighted by Gasteiger charge is 2.00. The number of hydrogen-bond donors (Lipinski definition) is 0. The molecular formula is C12H16O2. The van der Waals surface area contributed by atoms with Gasteiger partial charge in [-0.15, -0.1) is 0 Å². The predicted octanol–water partition coefficient (Wildman–Crippen LogP) is 2.44. The minimum atomic E-state index is -0.183. The molecule has 2 heteroatoms. The quantitative estimate of drug-likeness (QED) is 0.496. The van der Waals surface area contributed by atoms with Gasteiger partial charge in [0.15, 0.2) is 0 Å². The van der Waals surface area contributed by atoms with E-state index in [1.54, 1.807) is 0 Å². The van der Waals surface area contributed by atoms with Crippen molar-refractivity contribution in [3.63, 3.8) is 0 Å². The number of hydrogen-bond acceptors (Lipinski definition) is 2. The van der Waals surface area contributed by atoms with Gasteiger partial charge in [-0.1, -0.05) is 17.9 Å². The van der Waals surface area contributed by atoms with Crippen molar-refractivity contribution >= 4 is 5.97 Å². The third-order valence-electron chi connectivity index (χ3n) is 2.22. The highest BCUT2D eigenvalue weighted by molar-refractivity contribution is 5.69. The number of rotatable bonds is 2. The summed E-state index contributed by atoms with van der Waals surface area (Å²) in [5.41, 5.74) is 1.24. The minimum Gasteiger partial charge on any atom is -0.469 e. The van der Waals surface area contributed by atoms with Gasteiger partial charge in [-0.3, -0.25) is 4.79 Å². The first-order valence-electron chi connectivity index (χ1n) is 5.07. The molecule has 0 unspecified atom stereocenters. The SMILES string of the molecule is COC(=O)CCC#CC1=CCCCC1. The zero-order chi connectivity index (χ0) is 10.2. The summed E-state index contributed by atoms with van der Waals surface area (Å²) in [6, 6.07) is 0. The van der Waals surface area contributed by atoms with Crippen LogP contribution in [0.2, 0.25) is 0 Å². The molecule has 0 spiro atoms. The third-order valence-corrected chi connectivity index (χ3v) is 2.22. The maximum atomic E-state index is 10.8. The zero-order valence-corrected chi connectivity index (χ0v) is 8.64. The van der Waals surface area contributed by atoms with Crippen molar-refractivity contribution in [1.29, 1.82) is 0 Å². The molecule has 0 heterocycles. The fraction of sp³-hybridized carbons (Fsp3) is 0.583. The second-order valence-corrected chi connectivity index (χ2v) is 3.35. The van der Waals surface area contributed by atoms with Crippen LogP contribution in [0.5, 0.6) is 0 Å². The Morgan fingerprint density at radius 1 is 1.57 bits per heavy atom. The van der Waals surface area contributed by atoms with Crippen molar-refractivity contribution in [3.8, 4) is 11.8 Å². The van der Waals surface area contributed by atoms with E-state index < -0.39 is 0 Å². The van der Waals surface area contributed by atoms with Gasteiger partial charge in [0.25, 0.3) is 0 Å². The van der Waals surface area contributed by atoms with Crippen LogP contribution in [0.4, 0.5) is 0 Å². The van der Waals surface area contributed by atoms with Crippen molar-refractivity contribution in [2.24, 2.45) is 0 Å². The number of ether oxygens (including phenoxy) is 1. The van der Waals surface area contributed by atoms with Crippen LogP contribution < -0.4 is 0 Å². The Kier molecular flexibility index (Phi) is 4.85. The molecule has 0 atom stereocenters. The summed E-state index contributed by atoms with van der Waals surface area (Å²) in [4.78, 5) is 10.8. The second kappa shape index (κ2) is 6.26. The Bertz CT molecular complexity index is 278. The van der Waals surface area contributed by atoms with E-state index in [0.29, 0.717) is 12.8 Å². The molecule has 0 aromatic carbocycles. The molecule has 1 aliphatic carbocycles. The largest absolute Gasteiger partial charge is 0.469 e. The highest BCUT2D eigenvalue weighted by Crippen LogP contribution is 2.16. The number of allylic oxidation sites excluding steroid dienone is 2. The molecule has 1 rings (SSSR count). The Balaban J connectivity index is 2.25. The molecule has 0 saturated carbocycles. The van der Waals surface area contributed by atoms with Crippen molar-refractivity contribution < 1.29 is 9.53 Å². The van der Waals surface area contributed by atoms with Gasteiger partial charge in [0.2, 0.25) is 0 Å². The summed E-state index contributed by atoms with van der Waals surface area (Å²) in [6.45, 7) is 0. The van der Waals surface area contributed by atoms with Gasteiger partial charge < -0.3 is 4.74 Å². The lowest BCUT2D eigenvalue weighted by molar-refractivity contribution is -0.140. The van der Waals surface area contributed by atoms with Crippen LogP contribution in [0.1, 0.15) is 38.5 Å². The van der Waals surface area contributed by atoms with E-state index in [4.69, 9.17) is 0 Å². The molecule has 14 heavy (non-hydrogen) atoms.